The minimum absolute atomic E-state index is 0.257. The monoisotopic (exact) mass is 231 g/mol. The molecule has 4 nitrogen and oxygen atoms in total. The van der Waals surface area contributed by atoms with Crippen molar-refractivity contribution in [2.45, 2.75) is 25.4 Å². The fourth-order valence-corrected chi connectivity index (χ4v) is 2.00. The molecule has 1 aromatic rings. The average Bonchev–Trinajstić information content (AvgIpc) is 2.38. The van der Waals surface area contributed by atoms with Crippen molar-refractivity contribution in [2.75, 3.05) is 24.2 Å². The Bertz CT molecular complexity index is 419. The Kier molecular flexibility index (Phi) is 3.84. The summed E-state index contributed by atoms with van der Waals surface area (Å²) in [5, 5.41) is 12.3. The normalized spacial score (nSPS) is 19.6. The molecule has 4 heteroatoms. The molecule has 1 atom stereocenters. The summed E-state index contributed by atoms with van der Waals surface area (Å²) in [4.78, 5) is 0. The SMILES string of the molecule is N#Cc1cc(N)ccc1NCC1CCCCO1. The van der Waals surface area contributed by atoms with Crippen molar-refractivity contribution in [3.05, 3.63) is 23.8 Å². The Labute approximate surface area is 101 Å². The zero-order valence-electron chi connectivity index (χ0n) is 9.78. The summed E-state index contributed by atoms with van der Waals surface area (Å²) in [6, 6.07) is 7.47. The largest absolute Gasteiger partial charge is 0.399 e. The number of ether oxygens (including phenoxy) is 1. The molecule has 1 aliphatic rings. The molecular formula is C13H17N3O. The number of nitrogens with zero attached hydrogens (tertiary/aromatic N) is 1. The first-order valence-corrected chi connectivity index (χ1v) is 5.94. The second-order valence-corrected chi connectivity index (χ2v) is 4.29. The molecule has 3 N–H and O–H groups in total. The van der Waals surface area contributed by atoms with E-state index in [1.807, 2.05) is 6.07 Å². The van der Waals surface area contributed by atoms with Gasteiger partial charge in [0.2, 0.25) is 0 Å². The first-order valence-electron chi connectivity index (χ1n) is 5.94. The maximum atomic E-state index is 9.00. The Morgan fingerprint density at radius 2 is 2.35 bits per heavy atom. The van der Waals surface area contributed by atoms with Gasteiger partial charge in [-0.15, -0.1) is 0 Å². The quantitative estimate of drug-likeness (QED) is 0.782. The third-order valence-electron chi connectivity index (χ3n) is 2.96. The van der Waals surface area contributed by atoms with E-state index in [1.54, 1.807) is 12.1 Å². The van der Waals surface area contributed by atoms with E-state index in [0.29, 0.717) is 11.3 Å². The van der Waals surface area contributed by atoms with E-state index in [-0.39, 0.29) is 6.10 Å². The lowest BCUT2D eigenvalue weighted by Gasteiger charge is -2.23. The van der Waals surface area contributed by atoms with Crippen molar-refractivity contribution in [1.29, 1.82) is 5.26 Å². The Morgan fingerprint density at radius 3 is 3.06 bits per heavy atom. The molecule has 0 saturated carbocycles. The molecule has 0 bridgehead atoms. The number of nitrogens with one attached hydrogen (secondary N) is 1. The van der Waals surface area contributed by atoms with E-state index in [2.05, 4.69) is 11.4 Å². The molecule has 1 aromatic carbocycles. The Hall–Kier alpha value is -1.73. The van der Waals surface area contributed by atoms with Crippen LogP contribution in [0.2, 0.25) is 0 Å². The van der Waals surface area contributed by atoms with Crippen molar-refractivity contribution in [1.82, 2.24) is 0 Å². The highest BCUT2D eigenvalue weighted by Crippen LogP contribution is 2.19. The van der Waals surface area contributed by atoms with E-state index in [4.69, 9.17) is 15.7 Å². The minimum Gasteiger partial charge on any atom is -0.399 e. The zero-order valence-corrected chi connectivity index (χ0v) is 9.78. The van der Waals surface area contributed by atoms with Gasteiger partial charge in [-0.1, -0.05) is 0 Å². The molecular weight excluding hydrogens is 214 g/mol. The average molecular weight is 231 g/mol. The van der Waals surface area contributed by atoms with Gasteiger partial charge in [-0.3, -0.25) is 0 Å². The summed E-state index contributed by atoms with van der Waals surface area (Å²) >= 11 is 0. The van der Waals surface area contributed by atoms with Gasteiger partial charge in [-0.2, -0.15) is 5.26 Å². The molecule has 17 heavy (non-hydrogen) atoms. The highest BCUT2D eigenvalue weighted by atomic mass is 16.5. The van der Waals surface area contributed by atoms with Gasteiger partial charge in [0, 0.05) is 18.8 Å². The van der Waals surface area contributed by atoms with Crippen LogP contribution in [0.25, 0.3) is 0 Å². The van der Waals surface area contributed by atoms with Gasteiger partial charge in [0.25, 0.3) is 0 Å². The summed E-state index contributed by atoms with van der Waals surface area (Å²) in [5.41, 5.74) is 7.66. The molecule has 0 aliphatic carbocycles. The number of hydrogen-bond donors (Lipinski definition) is 2. The molecule has 1 fully saturated rings. The Balaban J connectivity index is 1.96. The Morgan fingerprint density at radius 1 is 1.47 bits per heavy atom. The van der Waals surface area contributed by atoms with Gasteiger partial charge in [-0.25, -0.2) is 0 Å². The summed E-state index contributed by atoms with van der Waals surface area (Å²) in [7, 11) is 0. The van der Waals surface area contributed by atoms with Crippen LogP contribution in [0.15, 0.2) is 18.2 Å². The molecule has 0 amide bonds. The number of anilines is 2. The van der Waals surface area contributed by atoms with Crippen LogP contribution >= 0.6 is 0 Å². The maximum Gasteiger partial charge on any atom is 0.101 e. The first kappa shape index (κ1) is 11.7. The van der Waals surface area contributed by atoms with Crippen molar-refractivity contribution in [3.63, 3.8) is 0 Å². The van der Waals surface area contributed by atoms with Gasteiger partial charge in [0.15, 0.2) is 0 Å². The van der Waals surface area contributed by atoms with Gasteiger partial charge >= 0.3 is 0 Å². The number of nitrogens with two attached hydrogens (primary N) is 1. The number of benzene rings is 1. The maximum absolute atomic E-state index is 9.00. The van der Waals surface area contributed by atoms with Crippen molar-refractivity contribution >= 4 is 11.4 Å². The fourth-order valence-electron chi connectivity index (χ4n) is 2.00. The summed E-state index contributed by atoms with van der Waals surface area (Å²) < 4.78 is 5.63. The van der Waals surface area contributed by atoms with Crippen molar-refractivity contribution in [3.8, 4) is 6.07 Å². The smallest absolute Gasteiger partial charge is 0.101 e. The molecule has 1 unspecified atom stereocenters. The van der Waals surface area contributed by atoms with Crippen molar-refractivity contribution in [2.24, 2.45) is 0 Å². The van der Waals surface area contributed by atoms with Crippen molar-refractivity contribution < 1.29 is 4.74 Å². The van der Waals surface area contributed by atoms with Gasteiger partial charge < -0.3 is 15.8 Å². The number of rotatable bonds is 3. The summed E-state index contributed by atoms with van der Waals surface area (Å²) in [6.45, 7) is 1.60. The first-order chi connectivity index (χ1) is 8.29. The molecule has 1 aliphatic heterocycles. The van der Waals surface area contributed by atoms with Crippen LogP contribution in [0, 0.1) is 11.3 Å². The number of nitrogen functional groups attached to an aromatic ring is 1. The van der Waals surface area contributed by atoms with Crippen LogP contribution in [-0.4, -0.2) is 19.3 Å². The molecule has 2 rings (SSSR count). The summed E-state index contributed by atoms with van der Waals surface area (Å²) in [5.74, 6) is 0. The van der Waals surface area contributed by atoms with Crippen LogP contribution in [0.1, 0.15) is 24.8 Å². The lowest BCUT2D eigenvalue weighted by Crippen LogP contribution is -2.27. The van der Waals surface area contributed by atoms with E-state index >= 15 is 0 Å². The molecule has 0 spiro atoms. The van der Waals surface area contributed by atoms with Crippen LogP contribution in [0.5, 0.6) is 0 Å². The second kappa shape index (κ2) is 5.55. The zero-order chi connectivity index (χ0) is 12.1. The third kappa shape index (κ3) is 3.11. The molecule has 1 heterocycles. The predicted octanol–water partition coefficient (Wildman–Crippen LogP) is 2.12. The van der Waals surface area contributed by atoms with Crippen LogP contribution in [-0.2, 0) is 4.74 Å². The topological polar surface area (TPSA) is 71.1 Å². The molecule has 0 radical (unpaired) electrons. The predicted molar refractivity (Wildman–Crippen MR) is 67.7 cm³/mol. The lowest BCUT2D eigenvalue weighted by molar-refractivity contribution is 0.0247. The van der Waals surface area contributed by atoms with Gasteiger partial charge in [0.1, 0.15) is 6.07 Å². The van der Waals surface area contributed by atoms with E-state index in [1.165, 1.54) is 6.42 Å². The van der Waals surface area contributed by atoms with E-state index in [0.717, 1.165) is 31.7 Å². The molecule has 90 valence electrons. The second-order valence-electron chi connectivity index (χ2n) is 4.29. The van der Waals surface area contributed by atoms with Crippen LogP contribution in [0.3, 0.4) is 0 Å². The van der Waals surface area contributed by atoms with Gasteiger partial charge in [0.05, 0.1) is 17.4 Å². The summed E-state index contributed by atoms with van der Waals surface area (Å²) in [6.07, 6.45) is 3.72. The fraction of sp³-hybridized carbons (Fsp3) is 0.462. The van der Waals surface area contributed by atoms with Gasteiger partial charge in [-0.05, 0) is 37.5 Å². The molecule has 0 aromatic heterocycles. The van der Waals surface area contributed by atoms with E-state index < -0.39 is 0 Å². The standard InChI is InChI=1S/C13H17N3O/c14-8-10-7-11(15)4-5-13(10)16-9-12-3-1-2-6-17-12/h4-5,7,12,16H,1-3,6,9,15H2. The lowest BCUT2D eigenvalue weighted by atomic mass is 10.1. The number of nitriles is 1. The third-order valence-corrected chi connectivity index (χ3v) is 2.96. The minimum atomic E-state index is 0.257. The van der Waals surface area contributed by atoms with Crippen LogP contribution < -0.4 is 11.1 Å². The number of hydrogen-bond acceptors (Lipinski definition) is 4. The molecule has 1 saturated heterocycles. The highest BCUT2D eigenvalue weighted by Gasteiger charge is 2.13. The highest BCUT2D eigenvalue weighted by molar-refractivity contribution is 5.62. The van der Waals surface area contributed by atoms with Crippen LogP contribution in [0.4, 0.5) is 11.4 Å². The van der Waals surface area contributed by atoms with E-state index in [9.17, 15) is 0 Å².